The summed E-state index contributed by atoms with van der Waals surface area (Å²) < 4.78 is 6.64. The number of benzene rings is 2. The van der Waals surface area contributed by atoms with E-state index < -0.39 is 17.7 Å². The summed E-state index contributed by atoms with van der Waals surface area (Å²) in [5, 5.41) is 11.3. The van der Waals surface area contributed by atoms with Crippen molar-refractivity contribution in [1.82, 2.24) is 9.88 Å². The number of carbonyl (C=O) groups excluding carboxylic acids is 2. The summed E-state index contributed by atoms with van der Waals surface area (Å²) in [4.78, 5) is 32.0. The van der Waals surface area contributed by atoms with Crippen molar-refractivity contribution in [1.29, 1.82) is 0 Å². The molecule has 2 aromatic carbocycles. The van der Waals surface area contributed by atoms with Crippen molar-refractivity contribution < 1.29 is 19.4 Å². The molecule has 1 aliphatic rings. The molecule has 1 amide bonds. The van der Waals surface area contributed by atoms with Crippen molar-refractivity contribution >= 4 is 33.4 Å². The SMILES string of the molecule is CCCCOc1ccc(C(O)=C2C(=O)C(=O)N(Cc3cccnc3)[C@@H]2c2cccc(Br)c2)cc1C. The Morgan fingerprint density at radius 3 is 2.66 bits per heavy atom. The first-order valence-electron chi connectivity index (χ1n) is 11.6. The zero-order valence-electron chi connectivity index (χ0n) is 19.7. The third-order valence-corrected chi connectivity index (χ3v) is 6.48. The number of halogens is 1. The summed E-state index contributed by atoms with van der Waals surface area (Å²) in [6, 6.07) is 15.6. The first-order valence-corrected chi connectivity index (χ1v) is 12.4. The normalized spacial score (nSPS) is 17.1. The Labute approximate surface area is 213 Å². The van der Waals surface area contributed by atoms with Gasteiger partial charge in [0.1, 0.15) is 11.5 Å². The number of hydrogen-bond donors (Lipinski definition) is 1. The molecule has 1 aliphatic heterocycles. The van der Waals surface area contributed by atoms with E-state index in [2.05, 4.69) is 27.8 Å². The molecule has 4 rings (SSSR count). The van der Waals surface area contributed by atoms with Gasteiger partial charge in [0.2, 0.25) is 0 Å². The fourth-order valence-corrected chi connectivity index (χ4v) is 4.61. The molecule has 0 aliphatic carbocycles. The van der Waals surface area contributed by atoms with E-state index in [9.17, 15) is 14.7 Å². The van der Waals surface area contributed by atoms with Crippen molar-refractivity contribution in [3.8, 4) is 5.75 Å². The van der Waals surface area contributed by atoms with Gasteiger partial charge in [-0.2, -0.15) is 0 Å². The van der Waals surface area contributed by atoms with Gasteiger partial charge in [0.05, 0.1) is 18.2 Å². The first kappa shape index (κ1) is 24.7. The van der Waals surface area contributed by atoms with Crippen LogP contribution >= 0.6 is 15.9 Å². The second-order valence-electron chi connectivity index (χ2n) is 8.53. The molecule has 1 fully saturated rings. The number of carbonyl (C=O) groups is 2. The van der Waals surface area contributed by atoms with Crippen molar-refractivity contribution in [3.63, 3.8) is 0 Å². The smallest absolute Gasteiger partial charge is 0.295 e. The molecule has 0 spiro atoms. The third kappa shape index (κ3) is 5.30. The van der Waals surface area contributed by atoms with Crippen LogP contribution in [-0.4, -0.2) is 33.3 Å². The lowest BCUT2D eigenvalue weighted by Crippen LogP contribution is -2.29. The number of nitrogens with zero attached hydrogens (tertiary/aromatic N) is 2. The molecule has 1 atom stereocenters. The number of pyridine rings is 1. The third-order valence-electron chi connectivity index (χ3n) is 5.98. The number of aromatic nitrogens is 1. The summed E-state index contributed by atoms with van der Waals surface area (Å²) in [5.41, 5.74) is 2.88. The zero-order valence-corrected chi connectivity index (χ0v) is 21.3. The van der Waals surface area contributed by atoms with Crippen molar-refractivity contribution in [3.05, 3.63) is 99.3 Å². The molecule has 35 heavy (non-hydrogen) atoms. The van der Waals surface area contributed by atoms with Crippen LogP contribution in [0.25, 0.3) is 5.76 Å². The predicted molar refractivity (Wildman–Crippen MR) is 138 cm³/mol. The lowest BCUT2D eigenvalue weighted by atomic mass is 9.94. The molecule has 1 aromatic heterocycles. The molecule has 1 N–H and O–H groups in total. The minimum absolute atomic E-state index is 0.0658. The Kier molecular flexibility index (Phi) is 7.66. The fourth-order valence-electron chi connectivity index (χ4n) is 4.20. The molecule has 3 aromatic rings. The number of aliphatic hydroxyl groups is 1. The predicted octanol–water partition coefficient (Wildman–Crippen LogP) is 5.95. The molecule has 0 bridgehead atoms. The molecule has 2 heterocycles. The van der Waals surface area contributed by atoms with Gasteiger partial charge < -0.3 is 14.7 Å². The molecule has 1 saturated heterocycles. The van der Waals surface area contributed by atoms with Crippen molar-refractivity contribution in [2.24, 2.45) is 0 Å². The summed E-state index contributed by atoms with van der Waals surface area (Å²) in [6.07, 6.45) is 5.31. The van der Waals surface area contributed by atoms with Crippen LogP contribution < -0.4 is 4.74 Å². The van der Waals surface area contributed by atoms with E-state index in [4.69, 9.17) is 4.74 Å². The van der Waals surface area contributed by atoms with Crippen LogP contribution in [0.1, 0.15) is 48.1 Å². The number of likely N-dealkylation sites (tertiary alicyclic amines) is 1. The highest BCUT2D eigenvalue weighted by atomic mass is 79.9. The van der Waals surface area contributed by atoms with Gasteiger partial charge in [-0.15, -0.1) is 0 Å². The van der Waals surface area contributed by atoms with Crippen LogP contribution in [0.5, 0.6) is 5.75 Å². The van der Waals surface area contributed by atoms with Gasteiger partial charge in [-0.1, -0.05) is 47.5 Å². The number of Topliss-reactive ketones (excluding diaryl/α,β-unsaturated/α-hetero) is 1. The molecule has 6 nitrogen and oxygen atoms in total. The zero-order chi connectivity index (χ0) is 24.9. The molecular formula is C28H27BrN2O4. The minimum atomic E-state index is -0.742. The number of aryl methyl sites for hydroxylation is 1. The van der Waals surface area contributed by atoms with Gasteiger partial charge in [-0.3, -0.25) is 14.6 Å². The lowest BCUT2D eigenvalue weighted by Gasteiger charge is -2.25. The van der Waals surface area contributed by atoms with Gasteiger partial charge in [0, 0.05) is 29.0 Å². The summed E-state index contributed by atoms with van der Waals surface area (Å²) in [6.45, 7) is 4.80. The van der Waals surface area contributed by atoms with E-state index in [0.717, 1.165) is 39.8 Å². The van der Waals surface area contributed by atoms with E-state index in [-0.39, 0.29) is 17.9 Å². The topological polar surface area (TPSA) is 79.7 Å². The van der Waals surface area contributed by atoms with E-state index in [0.29, 0.717) is 12.2 Å². The maximum Gasteiger partial charge on any atom is 0.295 e. The Balaban J connectivity index is 1.78. The van der Waals surface area contributed by atoms with Crippen LogP contribution in [0.2, 0.25) is 0 Å². The number of ketones is 1. The van der Waals surface area contributed by atoms with Gasteiger partial charge in [-0.25, -0.2) is 0 Å². The second-order valence-corrected chi connectivity index (χ2v) is 9.44. The van der Waals surface area contributed by atoms with Gasteiger partial charge in [0.15, 0.2) is 0 Å². The van der Waals surface area contributed by atoms with Crippen molar-refractivity contribution in [2.45, 2.75) is 39.3 Å². The number of unbranched alkanes of at least 4 members (excludes halogenated alkanes) is 1. The number of ether oxygens (including phenoxy) is 1. The quantitative estimate of drug-likeness (QED) is 0.167. The molecule has 7 heteroatoms. The van der Waals surface area contributed by atoms with Crippen LogP contribution in [0.15, 0.2) is 77.0 Å². The van der Waals surface area contributed by atoms with E-state index >= 15 is 0 Å². The standard InChI is InChI=1S/C28H27BrN2O4/c1-3-4-13-35-23-11-10-21(14-18(23)2)26(32)24-25(20-8-5-9-22(29)15-20)31(28(34)27(24)33)17-19-7-6-12-30-16-19/h5-12,14-16,25,32H,3-4,13,17H2,1-2H3/t25-/m1/s1. The van der Waals surface area contributed by atoms with Crippen LogP contribution in [0, 0.1) is 6.92 Å². The Hall–Kier alpha value is -3.45. The highest BCUT2D eigenvalue weighted by Gasteiger charge is 2.46. The van der Waals surface area contributed by atoms with Crippen LogP contribution in [-0.2, 0) is 16.1 Å². The number of hydrogen-bond acceptors (Lipinski definition) is 5. The Morgan fingerprint density at radius 1 is 1.14 bits per heavy atom. The largest absolute Gasteiger partial charge is 0.507 e. The molecule has 0 unspecified atom stereocenters. The number of amides is 1. The first-order chi connectivity index (χ1) is 16.9. The second kappa shape index (κ2) is 10.9. The maximum absolute atomic E-state index is 13.3. The van der Waals surface area contributed by atoms with Crippen LogP contribution in [0.3, 0.4) is 0 Å². The monoisotopic (exact) mass is 534 g/mol. The number of rotatable bonds is 8. The van der Waals surface area contributed by atoms with Crippen LogP contribution in [0.4, 0.5) is 0 Å². The minimum Gasteiger partial charge on any atom is -0.507 e. The van der Waals surface area contributed by atoms with Gasteiger partial charge in [0.25, 0.3) is 11.7 Å². The van der Waals surface area contributed by atoms with Crippen molar-refractivity contribution in [2.75, 3.05) is 6.61 Å². The summed E-state index contributed by atoms with van der Waals surface area (Å²) >= 11 is 3.48. The highest BCUT2D eigenvalue weighted by Crippen LogP contribution is 2.41. The number of aliphatic hydroxyl groups excluding tert-OH is 1. The van der Waals surface area contributed by atoms with E-state index in [1.807, 2.05) is 37.3 Å². The average molecular weight is 535 g/mol. The van der Waals surface area contributed by atoms with E-state index in [1.54, 1.807) is 36.7 Å². The average Bonchev–Trinajstić information content (AvgIpc) is 3.10. The Bertz CT molecular complexity index is 1270. The van der Waals surface area contributed by atoms with E-state index in [1.165, 1.54) is 4.90 Å². The van der Waals surface area contributed by atoms with Gasteiger partial charge in [-0.05, 0) is 66.4 Å². The summed E-state index contributed by atoms with van der Waals surface area (Å²) in [5.74, 6) is -0.838. The molecule has 0 radical (unpaired) electrons. The highest BCUT2D eigenvalue weighted by molar-refractivity contribution is 9.10. The Morgan fingerprint density at radius 2 is 1.97 bits per heavy atom. The fraction of sp³-hybridized carbons (Fsp3) is 0.250. The molecule has 180 valence electrons. The lowest BCUT2D eigenvalue weighted by molar-refractivity contribution is -0.140. The maximum atomic E-state index is 13.3. The molecule has 0 saturated carbocycles. The summed E-state index contributed by atoms with van der Waals surface area (Å²) in [7, 11) is 0. The molecular weight excluding hydrogens is 508 g/mol. The van der Waals surface area contributed by atoms with Gasteiger partial charge >= 0.3 is 0 Å².